The van der Waals surface area contributed by atoms with Crippen molar-refractivity contribution in [1.29, 1.82) is 5.26 Å². The van der Waals surface area contributed by atoms with Crippen molar-refractivity contribution in [1.82, 2.24) is 0 Å². The van der Waals surface area contributed by atoms with Gasteiger partial charge in [0.1, 0.15) is 12.4 Å². The van der Waals surface area contributed by atoms with E-state index in [1.807, 2.05) is 48.5 Å². The number of rotatable bonds is 7. The van der Waals surface area contributed by atoms with E-state index in [-0.39, 0.29) is 12.2 Å². The molecule has 0 radical (unpaired) electrons. The first-order valence-electron chi connectivity index (χ1n) is 9.88. The van der Waals surface area contributed by atoms with Crippen LogP contribution in [0.2, 0.25) is 0 Å². The van der Waals surface area contributed by atoms with E-state index in [4.69, 9.17) is 10.00 Å². The summed E-state index contributed by atoms with van der Waals surface area (Å²) in [7, 11) is 0. The normalized spacial score (nSPS) is 16.6. The van der Waals surface area contributed by atoms with E-state index >= 15 is 0 Å². The molecule has 4 rings (SSSR count). The molecule has 1 aliphatic rings. The molecule has 6 nitrogen and oxygen atoms in total. The van der Waals surface area contributed by atoms with Gasteiger partial charge in [0.25, 0.3) is 0 Å². The van der Waals surface area contributed by atoms with Crippen molar-refractivity contribution < 1.29 is 19.4 Å². The van der Waals surface area contributed by atoms with Gasteiger partial charge in [-0.25, -0.2) is 0 Å². The fourth-order valence-corrected chi connectivity index (χ4v) is 3.81. The molecule has 0 bridgehead atoms. The van der Waals surface area contributed by atoms with Crippen LogP contribution in [0.5, 0.6) is 5.75 Å². The average Bonchev–Trinajstić information content (AvgIpc) is 3.15. The van der Waals surface area contributed by atoms with E-state index in [0.717, 1.165) is 16.8 Å². The smallest absolute Gasteiger partial charge is 0.304 e. The first kappa shape index (κ1) is 20.2. The van der Waals surface area contributed by atoms with Gasteiger partial charge in [0.2, 0.25) is 0 Å². The fourth-order valence-electron chi connectivity index (χ4n) is 3.81. The van der Waals surface area contributed by atoms with Crippen molar-refractivity contribution in [2.45, 2.75) is 25.0 Å². The number of anilines is 1. The highest BCUT2D eigenvalue weighted by Crippen LogP contribution is 2.41. The van der Waals surface area contributed by atoms with Gasteiger partial charge in [-0.1, -0.05) is 42.5 Å². The van der Waals surface area contributed by atoms with Crippen LogP contribution in [0.15, 0.2) is 72.8 Å². The number of nitrogens with one attached hydrogen (secondary N) is 1. The molecule has 0 amide bonds. The molecule has 2 unspecified atom stereocenters. The largest absolute Gasteiger partial charge is 0.489 e. The van der Waals surface area contributed by atoms with Crippen molar-refractivity contribution in [3.63, 3.8) is 0 Å². The van der Waals surface area contributed by atoms with Gasteiger partial charge in [-0.3, -0.25) is 9.59 Å². The van der Waals surface area contributed by atoms with Crippen molar-refractivity contribution in [3.8, 4) is 11.8 Å². The molecule has 1 aliphatic heterocycles. The first-order valence-corrected chi connectivity index (χ1v) is 9.88. The van der Waals surface area contributed by atoms with Gasteiger partial charge >= 0.3 is 5.97 Å². The topological polar surface area (TPSA) is 99.4 Å². The number of aliphatic carboxylic acids is 1. The zero-order chi connectivity index (χ0) is 21.8. The summed E-state index contributed by atoms with van der Waals surface area (Å²) in [6.45, 7) is 0.393. The predicted molar refractivity (Wildman–Crippen MR) is 115 cm³/mol. The Balaban J connectivity index is 1.58. The van der Waals surface area contributed by atoms with E-state index in [1.165, 1.54) is 0 Å². The maximum absolute atomic E-state index is 13.1. The number of nitrogens with zero attached hydrogens (tertiary/aromatic N) is 1. The number of fused-ring (bicyclic) bond motifs is 1. The number of carbonyl (C=O) groups excluding carboxylic acids is 1. The summed E-state index contributed by atoms with van der Waals surface area (Å²) in [5.74, 6) is -1.10. The van der Waals surface area contributed by atoms with Crippen LogP contribution < -0.4 is 10.1 Å². The fraction of sp³-hybridized carbons (Fsp3) is 0.160. The van der Waals surface area contributed by atoms with E-state index in [2.05, 4.69) is 5.32 Å². The number of hydrogen-bond acceptors (Lipinski definition) is 5. The number of carboxylic acid groups (broad SMARTS) is 1. The Morgan fingerprint density at radius 2 is 1.77 bits per heavy atom. The molecule has 2 atom stereocenters. The van der Waals surface area contributed by atoms with Crippen LogP contribution in [0.3, 0.4) is 0 Å². The Morgan fingerprint density at radius 1 is 1.03 bits per heavy atom. The van der Waals surface area contributed by atoms with Crippen molar-refractivity contribution in [3.05, 3.63) is 95.1 Å². The second-order valence-corrected chi connectivity index (χ2v) is 7.40. The average molecular weight is 412 g/mol. The summed E-state index contributed by atoms with van der Waals surface area (Å²) >= 11 is 0. The molecule has 0 spiro atoms. The highest BCUT2D eigenvalue weighted by atomic mass is 16.5. The molecule has 1 heterocycles. The second kappa shape index (κ2) is 8.72. The lowest BCUT2D eigenvalue weighted by Crippen LogP contribution is -2.32. The van der Waals surface area contributed by atoms with Crippen LogP contribution >= 0.6 is 0 Å². The zero-order valence-electron chi connectivity index (χ0n) is 16.6. The summed E-state index contributed by atoms with van der Waals surface area (Å²) in [6.07, 6.45) is -0.186. The van der Waals surface area contributed by atoms with Crippen molar-refractivity contribution in [2.24, 2.45) is 0 Å². The maximum atomic E-state index is 13.1. The molecule has 31 heavy (non-hydrogen) atoms. The highest BCUT2D eigenvalue weighted by Gasteiger charge is 2.38. The van der Waals surface area contributed by atoms with Gasteiger partial charge in [0, 0.05) is 17.2 Å². The van der Waals surface area contributed by atoms with Gasteiger partial charge in [0.15, 0.2) is 5.78 Å². The SMILES string of the molecule is N#Cc1ccc(C(=O)C2Nc3ccc(OCc4ccccc4)cc3C2CC(=O)O)cc1. The second-order valence-electron chi connectivity index (χ2n) is 7.40. The van der Waals surface area contributed by atoms with Crippen LogP contribution in [0.25, 0.3) is 0 Å². The van der Waals surface area contributed by atoms with Crippen molar-refractivity contribution in [2.75, 3.05) is 5.32 Å². The van der Waals surface area contributed by atoms with E-state index < -0.39 is 17.9 Å². The Bertz CT molecular complexity index is 1150. The van der Waals surface area contributed by atoms with E-state index in [9.17, 15) is 14.7 Å². The molecule has 0 aliphatic carbocycles. The Labute approximate surface area is 179 Å². The molecule has 3 aromatic rings. The molecule has 3 aromatic carbocycles. The molecule has 0 saturated heterocycles. The highest BCUT2D eigenvalue weighted by molar-refractivity contribution is 6.04. The zero-order valence-corrected chi connectivity index (χ0v) is 16.6. The van der Waals surface area contributed by atoms with Gasteiger partial charge in [-0.15, -0.1) is 0 Å². The number of carbonyl (C=O) groups is 2. The summed E-state index contributed by atoms with van der Waals surface area (Å²) in [5, 5.41) is 21.6. The standard InChI is InChI=1S/C25H20N2O4/c26-14-16-6-8-18(9-7-16)25(30)24-21(13-23(28)29)20-12-19(10-11-22(20)27-24)31-15-17-4-2-1-3-5-17/h1-12,21,24,27H,13,15H2,(H,28,29). The number of carboxylic acids is 1. The van der Waals surface area contributed by atoms with E-state index in [1.54, 1.807) is 30.3 Å². The quantitative estimate of drug-likeness (QED) is 0.559. The lowest BCUT2D eigenvalue weighted by Gasteiger charge is -2.18. The van der Waals surface area contributed by atoms with Crippen LogP contribution in [0.4, 0.5) is 5.69 Å². The van der Waals surface area contributed by atoms with Gasteiger partial charge < -0.3 is 15.2 Å². The third-order valence-electron chi connectivity index (χ3n) is 5.36. The summed E-state index contributed by atoms with van der Waals surface area (Å²) < 4.78 is 5.89. The number of hydrogen-bond donors (Lipinski definition) is 2. The van der Waals surface area contributed by atoms with E-state index in [0.29, 0.717) is 23.5 Å². The predicted octanol–water partition coefficient (Wildman–Crippen LogP) is 4.37. The third-order valence-corrected chi connectivity index (χ3v) is 5.36. The van der Waals surface area contributed by atoms with Crippen LogP contribution in [-0.2, 0) is 11.4 Å². The molecule has 2 N–H and O–H groups in total. The molecule has 0 fully saturated rings. The lowest BCUT2D eigenvalue weighted by atomic mass is 9.87. The summed E-state index contributed by atoms with van der Waals surface area (Å²) in [6, 6.07) is 22.8. The maximum Gasteiger partial charge on any atom is 0.304 e. The molecular formula is C25H20N2O4. The molecular weight excluding hydrogens is 392 g/mol. The van der Waals surface area contributed by atoms with Gasteiger partial charge in [-0.2, -0.15) is 5.26 Å². The molecule has 0 saturated carbocycles. The third kappa shape index (κ3) is 4.41. The number of Topliss-reactive ketones (excluding diaryl/α,β-unsaturated/α-hetero) is 1. The number of ether oxygens (including phenoxy) is 1. The molecule has 6 heteroatoms. The number of benzene rings is 3. The van der Waals surface area contributed by atoms with Crippen LogP contribution in [0.1, 0.15) is 39.4 Å². The number of nitriles is 1. The first-order chi connectivity index (χ1) is 15.0. The minimum Gasteiger partial charge on any atom is -0.489 e. The minimum absolute atomic E-state index is 0.186. The lowest BCUT2D eigenvalue weighted by molar-refractivity contribution is -0.137. The Hall–Kier alpha value is -4.11. The molecule has 0 aromatic heterocycles. The van der Waals surface area contributed by atoms with Crippen LogP contribution in [0, 0.1) is 11.3 Å². The molecule has 154 valence electrons. The van der Waals surface area contributed by atoms with Gasteiger partial charge in [0.05, 0.1) is 24.1 Å². The van der Waals surface area contributed by atoms with Gasteiger partial charge in [-0.05, 0) is 41.5 Å². The number of ketones is 1. The Kier molecular flexibility index (Phi) is 5.67. The summed E-state index contributed by atoms with van der Waals surface area (Å²) in [4.78, 5) is 24.7. The van der Waals surface area contributed by atoms with Crippen molar-refractivity contribution >= 4 is 17.4 Å². The van der Waals surface area contributed by atoms with Crippen LogP contribution in [-0.4, -0.2) is 22.9 Å². The minimum atomic E-state index is -0.979. The summed E-state index contributed by atoms with van der Waals surface area (Å²) in [5.41, 5.74) is 3.39. The Morgan fingerprint density at radius 3 is 2.45 bits per heavy atom. The monoisotopic (exact) mass is 412 g/mol.